The van der Waals surface area contributed by atoms with Crippen molar-refractivity contribution in [3.8, 4) is 0 Å². The van der Waals surface area contributed by atoms with Gasteiger partial charge < -0.3 is 0 Å². The Morgan fingerprint density at radius 2 is 1.40 bits per heavy atom. The van der Waals surface area contributed by atoms with E-state index in [-0.39, 0.29) is 0 Å². The Kier molecular flexibility index (Phi) is 0.172. The molecule has 3 aliphatic rings. The monoisotopic (exact) mass is 67.1 g/mol. The van der Waals surface area contributed by atoms with Crippen molar-refractivity contribution in [2.75, 3.05) is 0 Å². The van der Waals surface area contributed by atoms with E-state index in [1.54, 1.807) is 0 Å². The van der Waals surface area contributed by atoms with Crippen LogP contribution in [0.3, 0.4) is 0 Å². The van der Waals surface area contributed by atoms with Crippen LogP contribution in [-0.2, 0) is 0 Å². The summed E-state index contributed by atoms with van der Waals surface area (Å²) < 4.78 is 0. The maximum absolute atomic E-state index is 1.83. The van der Waals surface area contributed by atoms with Gasteiger partial charge in [-0.15, -0.1) is 0 Å². The molecule has 0 amide bonds. The Morgan fingerprint density at radius 3 is 1.40 bits per heavy atom. The average Bonchev–Trinajstić information content (AvgIpc) is 0.592. The Balaban J connectivity index is 2.19. The zero-order valence-corrected chi connectivity index (χ0v) is 3.20. The van der Waals surface area contributed by atoms with Gasteiger partial charge in [-0.05, 0) is 0 Å². The van der Waals surface area contributed by atoms with E-state index in [9.17, 15) is 0 Å². The van der Waals surface area contributed by atoms with Gasteiger partial charge >= 0.3 is 0 Å². The van der Waals surface area contributed by atoms with E-state index in [0.29, 0.717) is 0 Å². The summed E-state index contributed by atoms with van der Waals surface area (Å²) in [7, 11) is 0. The first-order valence-corrected chi connectivity index (χ1v) is 2.29. The van der Waals surface area contributed by atoms with Crippen molar-refractivity contribution in [3.63, 3.8) is 0 Å². The molecule has 2 bridgehead atoms. The smallest absolute Gasteiger partial charge is 0.0801 e. The Bertz CT molecular complexity index is 36.8. The Morgan fingerprint density at radius 1 is 1.20 bits per heavy atom. The number of hydrogen-bond acceptors (Lipinski definition) is 0. The fraction of sp³-hybridized carbons (Fsp3) is 0.800. The molecule has 0 aromatic heterocycles. The van der Waals surface area contributed by atoms with Crippen molar-refractivity contribution in [2.24, 2.45) is 5.92 Å². The first kappa shape index (κ1) is 2.12. The van der Waals surface area contributed by atoms with Gasteiger partial charge in [0.25, 0.3) is 0 Å². The van der Waals surface area contributed by atoms with Gasteiger partial charge in [-0.1, -0.05) is 0 Å². The second kappa shape index (κ2) is 0.405. The summed E-state index contributed by atoms with van der Waals surface area (Å²) in [6.07, 6.45) is 4.50. The van der Waals surface area contributed by atoms with Gasteiger partial charge in [-0.25, -0.2) is 0 Å². The van der Waals surface area contributed by atoms with E-state index in [1.165, 1.54) is 25.2 Å². The molecule has 0 aromatic rings. The van der Waals surface area contributed by atoms with Gasteiger partial charge in [0.15, 0.2) is 0 Å². The largest absolute Gasteiger partial charge is 0.101 e. The second-order valence-electron chi connectivity index (χ2n) is 2.23. The van der Waals surface area contributed by atoms with E-state index >= 15 is 0 Å². The number of hydrogen-bond donors (Lipinski definition) is 0. The van der Waals surface area contributed by atoms with Crippen LogP contribution in [0.5, 0.6) is 0 Å². The molecule has 3 rings (SSSR count). The van der Waals surface area contributed by atoms with Gasteiger partial charge in [0.05, 0.1) is 11.8 Å². The molecular formula is C5H7+. The zero-order valence-electron chi connectivity index (χ0n) is 3.20. The van der Waals surface area contributed by atoms with Crippen LogP contribution in [-0.4, -0.2) is 0 Å². The molecule has 26 valence electrons. The van der Waals surface area contributed by atoms with Crippen LogP contribution in [0.2, 0.25) is 0 Å². The molecule has 0 spiro atoms. The Hall–Kier alpha value is -0.130. The van der Waals surface area contributed by atoms with Crippen molar-refractivity contribution in [1.82, 2.24) is 0 Å². The van der Waals surface area contributed by atoms with Crippen LogP contribution < -0.4 is 0 Å². The highest BCUT2D eigenvalue weighted by atomic mass is 14.5. The minimum Gasteiger partial charge on any atom is 0.0801 e. The zero-order chi connectivity index (χ0) is 3.28. The number of rotatable bonds is 0. The van der Waals surface area contributed by atoms with E-state index in [4.69, 9.17) is 0 Å². The summed E-state index contributed by atoms with van der Waals surface area (Å²) in [5, 5.41) is 0. The van der Waals surface area contributed by atoms with Crippen molar-refractivity contribution >= 4 is 0 Å². The second-order valence-corrected chi connectivity index (χ2v) is 2.23. The minimum atomic E-state index is 1.17. The summed E-state index contributed by atoms with van der Waals surface area (Å²) in [6.45, 7) is 0. The summed E-state index contributed by atoms with van der Waals surface area (Å²) >= 11 is 0. The first-order chi connectivity index (χ1) is 2.45. The van der Waals surface area contributed by atoms with Crippen LogP contribution in [0.15, 0.2) is 0 Å². The van der Waals surface area contributed by atoms with Crippen LogP contribution in [0.1, 0.15) is 19.3 Å². The highest BCUT2D eigenvalue weighted by molar-refractivity contribution is 5.17. The van der Waals surface area contributed by atoms with Crippen LogP contribution >= 0.6 is 0 Å². The molecule has 0 atom stereocenters. The van der Waals surface area contributed by atoms with E-state index in [1.807, 2.05) is 5.92 Å². The van der Waals surface area contributed by atoms with Gasteiger partial charge in [-0.2, -0.15) is 0 Å². The van der Waals surface area contributed by atoms with Gasteiger partial charge in [-0.3, -0.25) is 0 Å². The van der Waals surface area contributed by atoms with Crippen molar-refractivity contribution in [2.45, 2.75) is 19.3 Å². The van der Waals surface area contributed by atoms with Crippen LogP contribution in [0.4, 0.5) is 0 Å². The van der Waals surface area contributed by atoms with Gasteiger partial charge in [0.1, 0.15) is 19.3 Å². The normalized spacial score (nSPS) is 32.4. The molecule has 0 N–H and O–H groups in total. The predicted molar refractivity (Wildman–Crippen MR) is 20.6 cm³/mol. The summed E-state index contributed by atoms with van der Waals surface area (Å²) in [4.78, 5) is 0. The lowest BCUT2D eigenvalue weighted by Gasteiger charge is -2.35. The summed E-state index contributed by atoms with van der Waals surface area (Å²) in [6, 6.07) is 0. The predicted octanol–water partition coefficient (Wildman–Crippen LogP) is 1.37. The van der Waals surface area contributed by atoms with Crippen molar-refractivity contribution in [3.05, 3.63) is 5.92 Å². The van der Waals surface area contributed by atoms with E-state index in [2.05, 4.69) is 0 Å². The third kappa shape index (κ3) is 0.0960. The first-order valence-electron chi connectivity index (χ1n) is 2.29. The standard InChI is InChI=1S/C5H7/c1-4-2-5(1)3-4/h4H,1-3H2/q+1. The molecule has 3 saturated carbocycles. The van der Waals surface area contributed by atoms with Gasteiger partial charge in [0, 0.05) is 0 Å². The fourth-order valence-corrected chi connectivity index (χ4v) is 1.05. The lowest BCUT2D eigenvalue weighted by molar-refractivity contribution is 0.188. The highest BCUT2D eigenvalue weighted by Gasteiger charge is 2.54. The lowest BCUT2D eigenvalue weighted by atomic mass is 9.56. The van der Waals surface area contributed by atoms with Crippen molar-refractivity contribution in [1.29, 1.82) is 0 Å². The molecule has 0 radical (unpaired) electrons. The average molecular weight is 67.1 g/mol. The molecule has 0 nitrogen and oxygen atoms in total. The van der Waals surface area contributed by atoms with Crippen LogP contribution in [0.25, 0.3) is 0 Å². The summed E-state index contributed by atoms with van der Waals surface area (Å²) in [5.41, 5.74) is 0. The molecular weight excluding hydrogens is 60.1 g/mol. The van der Waals surface area contributed by atoms with E-state index in [0.717, 1.165) is 0 Å². The molecule has 0 unspecified atom stereocenters. The molecule has 0 saturated heterocycles. The lowest BCUT2D eigenvalue weighted by Crippen LogP contribution is -2.36. The molecule has 0 aromatic carbocycles. The molecule has 5 heavy (non-hydrogen) atoms. The van der Waals surface area contributed by atoms with E-state index < -0.39 is 0 Å². The van der Waals surface area contributed by atoms with Crippen molar-refractivity contribution < 1.29 is 0 Å². The maximum Gasteiger partial charge on any atom is 0.101 e. The highest BCUT2D eigenvalue weighted by Crippen LogP contribution is 2.54. The fourth-order valence-electron chi connectivity index (χ4n) is 1.05. The SMILES string of the molecule is C1[C+]2CC1C2. The minimum absolute atomic E-state index is 1.17. The topological polar surface area (TPSA) is 0 Å². The molecule has 0 heterocycles. The third-order valence-electron chi connectivity index (χ3n) is 1.73. The molecule has 0 heteroatoms. The maximum atomic E-state index is 1.83. The quantitative estimate of drug-likeness (QED) is 0.375. The summed E-state index contributed by atoms with van der Waals surface area (Å²) in [5.74, 6) is 3.00. The molecule has 0 aliphatic heterocycles. The molecule has 3 fully saturated rings. The third-order valence-corrected chi connectivity index (χ3v) is 1.73. The van der Waals surface area contributed by atoms with Crippen LogP contribution in [0, 0.1) is 11.8 Å². The Labute approximate surface area is 32.2 Å². The van der Waals surface area contributed by atoms with Gasteiger partial charge in [0.2, 0.25) is 0 Å². The molecule has 3 aliphatic carbocycles.